The van der Waals surface area contributed by atoms with Crippen LogP contribution in [0.2, 0.25) is 0 Å². The quantitative estimate of drug-likeness (QED) is 0.301. The van der Waals surface area contributed by atoms with Crippen molar-refractivity contribution in [1.82, 2.24) is 0 Å². The third-order valence-corrected chi connectivity index (χ3v) is 4.90. The lowest BCUT2D eigenvalue weighted by molar-refractivity contribution is 0.0615. The molecule has 1 atom stereocenters. The van der Waals surface area contributed by atoms with Crippen LogP contribution in [0.1, 0.15) is 18.9 Å². The monoisotopic (exact) mass is 405 g/mol. The molecule has 0 saturated heterocycles. The number of hydrogen-bond donors (Lipinski definition) is 0. The summed E-state index contributed by atoms with van der Waals surface area (Å²) in [6.07, 6.45) is 1.01. The van der Waals surface area contributed by atoms with E-state index in [1.165, 1.54) is 12.0 Å². The standard InChI is InChI=1S/C15H22BrO4SSi/c1-3-15(22)21-20-9-8-19-14-10-12(4-5-13(14)16)11-18-7-6-17-2/h4-5,10,15H,3,6-9,11H2,1-2H3. The fourth-order valence-electron chi connectivity index (χ4n) is 1.46. The molecule has 4 nitrogen and oxygen atoms in total. The van der Waals surface area contributed by atoms with Crippen molar-refractivity contribution in [1.29, 1.82) is 0 Å². The van der Waals surface area contributed by atoms with E-state index in [0.29, 0.717) is 37.9 Å². The van der Waals surface area contributed by atoms with Crippen LogP contribution in [0.3, 0.4) is 0 Å². The number of benzene rings is 1. The molecule has 0 bridgehead atoms. The van der Waals surface area contributed by atoms with E-state index >= 15 is 0 Å². The van der Waals surface area contributed by atoms with Gasteiger partial charge in [-0.05, 0) is 52.1 Å². The largest absolute Gasteiger partial charge is 0.490 e. The Kier molecular flexibility index (Phi) is 11.2. The number of hydrogen-bond acceptors (Lipinski definition) is 5. The highest BCUT2D eigenvalue weighted by atomic mass is 79.9. The van der Waals surface area contributed by atoms with Gasteiger partial charge in [-0.25, -0.2) is 0 Å². The zero-order valence-corrected chi connectivity index (χ0v) is 16.4. The molecule has 0 saturated carbocycles. The number of ether oxygens (including phenoxy) is 3. The van der Waals surface area contributed by atoms with Crippen LogP contribution in [-0.2, 0) is 20.3 Å². The molecule has 7 heteroatoms. The van der Waals surface area contributed by atoms with Gasteiger partial charge in [0.05, 0.1) is 30.9 Å². The van der Waals surface area contributed by atoms with Crippen molar-refractivity contribution in [3.05, 3.63) is 28.2 Å². The highest BCUT2D eigenvalue weighted by Gasteiger charge is 2.05. The molecule has 0 aromatic heterocycles. The van der Waals surface area contributed by atoms with Gasteiger partial charge >= 0.3 is 0 Å². The van der Waals surface area contributed by atoms with E-state index in [-0.39, 0.29) is 0 Å². The van der Waals surface area contributed by atoms with E-state index in [0.717, 1.165) is 22.2 Å². The summed E-state index contributed by atoms with van der Waals surface area (Å²) in [7, 11) is 5.21. The first-order valence-corrected chi connectivity index (χ1v) is 9.32. The second kappa shape index (κ2) is 12.4. The summed E-state index contributed by atoms with van der Waals surface area (Å²) in [5.74, 6) is 0.798. The maximum atomic E-state index is 5.74. The van der Waals surface area contributed by atoms with Crippen molar-refractivity contribution >= 4 is 38.2 Å². The first-order chi connectivity index (χ1) is 10.7. The molecule has 1 rings (SSSR count). The predicted molar refractivity (Wildman–Crippen MR) is 94.5 cm³/mol. The Hall–Kier alpha value is -0.0531. The molecule has 0 fully saturated rings. The molecule has 1 aromatic rings. The number of rotatable bonds is 12. The molecular weight excluding hydrogens is 384 g/mol. The van der Waals surface area contributed by atoms with Gasteiger partial charge in [-0.1, -0.05) is 13.0 Å². The lowest BCUT2D eigenvalue weighted by Gasteiger charge is -2.11. The van der Waals surface area contributed by atoms with E-state index < -0.39 is 0 Å². The van der Waals surface area contributed by atoms with Crippen molar-refractivity contribution in [2.24, 2.45) is 0 Å². The summed E-state index contributed by atoms with van der Waals surface area (Å²) in [6, 6.07) is 5.95. The van der Waals surface area contributed by atoms with Gasteiger partial charge in [-0.3, -0.25) is 0 Å². The lowest BCUT2D eigenvalue weighted by Crippen LogP contribution is -2.07. The molecule has 1 aromatic carbocycles. The normalized spacial score (nSPS) is 12.4. The van der Waals surface area contributed by atoms with Crippen LogP contribution in [0, 0.1) is 0 Å². The highest BCUT2D eigenvalue weighted by molar-refractivity contribution is 9.10. The smallest absolute Gasteiger partial charge is 0.133 e. The average molecular weight is 406 g/mol. The Morgan fingerprint density at radius 1 is 1.23 bits per heavy atom. The summed E-state index contributed by atoms with van der Waals surface area (Å²) < 4.78 is 22.6. The molecule has 1 unspecified atom stereocenters. The number of methoxy groups -OCH3 is 1. The second-order valence-electron chi connectivity index (χ2n) is 4.47. The SMILES string of the molecule is CCC([Si])SOCCOc1cc(COCCOC)ccc1Br. The molecule has 0 heterocycles. The molecule has 0 aliphatic carbocycles. The van der Waals surface area contributed by atoms with Crippen molar-refractivity contribution in [2.45, 2.75) is 24.8 Å². The fraction of sp³-hybridized carbons (Fsp3) is 0.600. The van der Waals surface area contributed by atoms with Crippen LogP contribution in [-0.4, -0.2) is 48.7 Å². The van der Waals surface area contributed by atoms with Gasteiger partial charge in [0.15, 0.2) is 0 Å². The maximum absolute atomic E-state index is 5.74. The topological polar surface area (TPSA) is 36.9 Å². The average Bonchev–Trinajstić information content (AvgIpc) is 2.53. The molecule has 123 valence electrons. The summed E-state index contributed by atoms with van der Waals surface area (Å²) in [5, 5.41) is 0. The van der Waals surface area contributed by atoms with E-state index in [2.05, 4.69) is 33.1 Å². The van der Waals surface area contributed by atoms with Gasteiger partial charge in [-0.2, -0.15) is 0 Å². The molecule has 0 aliphatic heterocycles. The third kappa shape index (κ3) is 8.55. The Labute approximate surface area is 149 Å². The Bertz CT molecular complexity index is 423. The van der Waals surface area contributed by atoms with Crippen LogP contribution in [0.5, 0.6) is 5.75 Å². The van der Waals surface area contributed by atoms with Gasteiger partial charge in [-0.15, -0.1) is 0 Å². The van der Waals surface area contributed by atoms with Gasteiger partial charge in [0.2, 0.25) is 0 Å². The van der Waals surface area contributed by atoms with Crippen LogP contribution in [0.15, 0.2) is 22.7 Å². The molecule has 3 radical (unpaired) electrons. The highest BCUT2D eigenvalue weighted by Crippen LogP contribution is 2.26. The Balaban J connectivity index is 2.32. The minimum atomic E-state index is 0.319. The summed E-state index contributed by atoms with van der Waals surface area (Å²) in [5.41, 5.74) is 1.07. The van der Waals surface area contributed by atoms with Crippen molar-refractivity contribution < 1.29 is 18.4 Å². The Morgan fingerprint density at radius 2 is 2.05 bits per heavy atom. The van der Waals surface area contributed by atoms with E-state index in [4.69, 9.17) is 18.4 Å². The predicted octanol–water partition coefficient (Wildman–Crippen LogP) is 3.56. The minimum absolute atomic E-state index is 0.319. The van der Waals surface area contributed by atoms with Crippen LogP contribution < -0.4 is 4.74 Å². The molecular formula is C15H22BrO4SSi. The molecule has 0 amide bonds. The van der Waals surface area contributed by atoms with E-state index in [1.54, 1.807) is 7.11 Å². The van der Waals surface area contributed by atoms with E-state index in [9.17, 15) is 0 Å². The van der Waals surface area contributed by atoms with Gasteiger partial charge < -0.3 is 18.4 Å². The van der Waals surface area contributed by atoms with Crippen LogP contribution in [0.4, 0.5) is 0 Å². The first-order valence-electron chi connectivity index (χ1n) is 7.14. The van der Waals surface area contributed by atoms with Gasteiger partial charge in [0.25, 0.3) is 0 Å². The van der Waals surface area contributed by atoms with Gasteiger partial charge in [0, 0.05) is 22.2 Å². The van der Waals surface area contributed by atoms with Crippen LogP contribution in [0.25, 0.3) is 0 Å². The van der Waals surface area contributed by atoms with Gasteiger partial charge in [0.1, 0.15) is 12.4 Å². The summed E-state index contributed by atoms with van der Waals surface area (Å²) >= 11 is 4.91. The van der Waals surface area contributed by atoms with Crippen molar-refractivity contribution in [2.75, 3.05) is 33.5 Å². The van der Waals surface area contributed by atoms with E-state index in [1.807, 2.05) is 18.2 Å². The first kappa shape index (κ1) is 20.0. The zero-order valence-electron chi connectivity index (χ0n) is 13.0. The molecule has 0 aliphatic rings. The summed E-state index contributed by atoms with van der Waals surface area (Å²) in [6.45, 7) is 4.86. The molecule has 0 N–H and O–H groups in total. The maximum Gasteiger partial charge on any atom is 0.133 e. The molecule has 0 spiro atoms. The fourth-order valence-corrected chi connectivity index (χ4v) is 2.49. The second-order valence-corrected chi connectivity index (χ2v) is 7.44. The summed E-state index contributed by atoms with van der Waals surface area (Å²) in [4.78, 5) is 0.319. The van der Waals surface area contributed by atoms with Crippen LogP contribution >= 0.6 is 28.0 Å². The van der Waals surface area contributed by atoms with Crippen molar-refractivity contribution in [3.63, 3.8) is 0 Å². The minimum Gasteiger partial charge on any atom is -0.490 e. The zero-order chi connectivity index (χ0) is 16.2. The molecule has 22 heavy (non-hydrogen) atoms. The number of halogens is 1. The van der Waals surface area contributed by atoms with Crippen molar-refractivity contribution in [3.8, 4) is 5.75 Å². The Morgan fingerprint density at radius 3 is 2.77 bits per heavy atom. The lowest BCUT2D eigenvalue weighted by atomic mass is 10.2. The third-order valence-electron chi connectivity index (χ3n) is 2.68.